The van der Waals surface area contributed by atoms with Gasteiger partial charge in [-0.2, -0.15) is 5.10 Å². The third-order valence-corrected chi connectivity index (χ3v) is 2.96. The number of nitrogens with one attached hydrogen (secondary N) is 1. The third kappa shape index (κ3) is 3.77. The van der Waals surface area contributed by atoms with Crippen molar-refractivity contribution in [2.24, 2.45) is 0 Å². The van der Waals surface area contributed by atoms with Crippen LogP contribution in [0, 0.1) is 13.8 Å². The van der Waals surface area contributed by atoms with Crippen LogP contribution in [0.4, 0.5) is 5.82 Å². The largest absolute Gasteiger partial charge is 0.378 e. The van der Waals surface area contributed by atoms with Gasteiger partial charge in [-0.25, -0.2) is 9.97 Å². The second kappa shape index (κ2) is 6.47. The lowest BCUT2D eigenvalue weighted by Crippen LogP contribution is -2.24. The zero-order valence-corrected chi connectivity index (χ0v) is 12.4. The summed E-state index contributed by atoms with van der Waals surface area (Å²) in [6.07, 6.45) is 1.55. The number of aromatic nitrogens is 4. The van der Waals surface area contributed by atoms with Crippen LogP contribution >= 0.6 is 0 Å². The zero-order chi connectivity index (χ0) is 14.5. The molecule has 0 fully saturated rings. The molecule has 0 saturated heterocycles. The number of nitrogens with zero attached hydrogens (tertiary/aromatic N) is 4. The summed E-state index contributed by atoms with van der Waals surface area (Å²) in [6.45, 7) is 7.46. The summed E-state index contributed by atoms with van der Waals surface area (Å²) < 4.78 is 7.07. The van der Waals surface area contributed by atoms with Crippen molar-refractivity contribution >= 4 is 5.82 Å². The van der Waals surface area contributed by atoms with Gasteiger partial charge in [0, 0.05) is 24.9 Å². The van der Waals surface area contributed by atoms with Crippen molar-refractivity contribution in [2.45, 2.75) is 40.0 Å². The summed E-state index contributed by atoms with van der Waals surface area (Å²) in [5.74, 6) is 0.807. The Bertz CT molecular complexity index is 566. The molecule has 0 spiro atoms. The van der Waals surface area contributed by atoms with Gasteiger partial charge in [0.25, 0.3) is 0 Å². The van der Waals surface area contributed by atoms with Gasteiger partial charge in [-0.3, -0.25) is 4.68 Å². The molecule has 0 radical (unpaired) electrons. The summed E-state index contributed by atoms with van der Waals surface area (Å²) in [5, 5.41) is 7.82. The Kier molecular flexibility index (Phi) is 4.68. The summed E-state index contributed by atoms with van der Waals surface area (Å²) in [4.78, 5) is 8.37. The Morgan fingerprint density at radius 3 is 2.75 bits per heavy atom. The highest BCUT2D eigenvalue weighted by Crippen LogP contribution is 2.09. The van der Waals surface area contributed by atoms with Gasteiger partial charge in [0.15, 0.2) is 0 Å². The third-order valence-electron chi connectivity index (χ3n) is 2.96. The number of hydrogen-bond donors (Lipinski definition) is 1. The quantitative estimate of drug-likeness (QED) is 0.872. The molecule has 2 aromatic rings. The molecule has 1 N–H and O–H groups in total. The van der Waals surface area contributed by atoms with Crippen molar-refractivity contribution in [1.29, 1.82) is 0 Å². The molecular formula is C14H21N5O. The monoisotopic (exact) mass is 275 g/mol. The van der Waals surface area contributed by atoms with Crippen LogP contribution < -0.4 is 5.32 Å². The lowest BCUT2D eigenvalue weighted by atomic mass is 10.3. The van der Waals surface area contributed by atoms with E-state index in [1.54, 1.807) is 13.4 Å². The lowest BCUT2D eigenvalue weighted by molar-refractivity contribution is 0.181. The number of hydrogen-bond acceptors (Lipinski definition) is 5. The number of anilines is 1. The van der Waals surface area contributed by atoms with E-state index in [0.717, 1.165) is 23.8 Å². The van der Waals surface area contributed by atoms with Crippen LogP contribution in [0.2, 0.25) is 0 Å². The van der Waals surface area contributed by atoms with Crippen molar-refractivity contribution in [2.75, 3.05) is 12.4 Å². The molecule has 0 bridgehead atoms. The van der Waals surface area contributed by atoms with Crippen molar-refractivity contribution in [3.8, 4) is 0 Å². The van der Waals surface area contributed by atoms with Gasteiger partial charge in [0.2, 0.25) is 0 Å². The van der Waals surface area contributed by atoms with E-state index in [1.807, 2.05) is 17.7 Å². The minimum Gasteiger partial charge on any atom is -0.378 e. The molecular weight excluding hydrogens is 254 g/mol. The first kappa shape index (κ1) is 14.5. The first-order valence-electron chi connectivity index (χ1n) is 6.66. The summed E-state index contributed by atoms with van der Waals surface area (Å²) >= 11 is 0. The Morgan fingerprint density at radius 1 is 1.30 bits per heavy atom. The van der Waals surface area contributed by atoms with Crippen LogP contribution in [0.5, 0.6) is 0 Å². The molecule has 0 unspecified atom stereocenters. The smallest absolute Gasteiger partial charge is 0.129 e. The van der Waals surface area contributed by atoms with Crippen molar-refractivity contribution < 1.29 is 4.74 Å². The predicted molar refractivity (Wildman–Crippen MR) is 77.5 cm³/mol. The Morgan fingerprint density at radius 2 is 2.10 bits per heavy atom. The van der Waals surface area contributed by atoms with Gasteiger partial charge in [-0.1, -0.05) is 0 Å². The predicted octanol–water partition coefficient (Wildman–Crippen LogP) is 1.94. The number of methoxy groups -OCH3 is 1. The van der Waals surface area contributed by atoms with Gasteiger partial charge >= 0.3 is 0 Å². The van der Waals surface area contributed by atoms with Crippen LogP contribution in [-0.2, 0) is 17.9 Å². The normalized spacial score (nSPS) is 12.4. The summed E-state index contributed by atoms with van der Waals surface area (Å²) in [5.41, 5.74) is 3.07. The molecule has 2 heterocycles. The Labute approximate surface area is 119 Å². The van der Waals surface area contributed by atoms with Gasteiger partial charge in [-0.15, -0.1) is 0 Å². The van der Waals surface area contributed by atoms with Gasteiger partial charge in [-0.05, 0) is 26.8 Å². The van der Waals surface area contributed by atoms with E-state index in [4.69, 9.17) is 4.74 Å². The fourth-order valence-corrected chi connectivity index (χ4v) is 2.12. The fourth-order valence-electron chi connectivity index (χ4n) is 2.12. The van der Waals surface area contributed by atoms with Gasteiger partial charge < -0.3 is 10.1 Å². The highest BCUT2D eigenvalue weighted by atomic mass is 16.5. The van der Waals surface area contributed by atoms with E-state index >= 15 is 0 Å². The molecule has 6 heteroatoms. The lowest BCUT2D eigenvalue weighted by Gasteiger charge is -2.15. The van der Waals surface area contributed by atoms with Gasteiger partial charge in [0.05, 0.1) is 24.5 Å². The standard InChI is InChI=1S/C14H21N5O/c1-10-5-12(3)19(18-10)7-11(2)17-14-6-13(8-20-4)15-9-16-14/h5-6,9,11H,7-8H2,1-4H3,(H,15,16,17)/t11-/m0/s1. The number of aryl methyl sites for hydroxylation is 2. The molecule has 2 rings (SSSR count). The van der Waals surface area contributed by atoms with Crippen molar-refractivity contribution in [3.63, 3.8) is 0 Å². The van der Waals surface area contributed by atoms with Crippen molar-refractivity contribution in [1.82, 2.24) is 19.7 Å². The van der Waals surface area contributed by atoms with E-state index in [2.05, 4.69) is 40.3 Å². The van der Waals surface area contributed by atoms with Crippen LogP contribution in [0.25, 0.3) is 0 Å². The maximum Gasteiger partial charge on any atom is 0.129 e. The van der Waals surface area contributed by atoms with E-state index in [9.17, 15) is 0 Å². The second-order valence-electron chi connectivity index (χ2n) is 4.98. The summed E-state index contributed by atoms with van der Waals surface area (Å²) in [6, 6.07) is 4.20. The minimum atomic E-state index is 0.221. The minimum absolute atomic E-state index is 0.221. The average Bonchev–Trinajstić information content (AvgIpc) is 2.68. The number of ether oxygens (including phenoxy) is 1. The SMILES string of the molecule is COCc1cc(N[C@@H](C)Cn2nc(C)cc2C)ncn1. The maximum absolute atomic E-state index is 5.07. The first-order chi connectivity index (χ1) is 9.58. The molecule has 0 aromatic carbocycles. The molecule has 6 nitrogen and oxygen atoms in total. The topological polar surface area (TPSA) is 64.9 Å². The molecule has 108 valence electrons. The van der Waals surface area contributed by atoms with E-state index in [0.29, 0.717) is 6.61 Å². The molecule has 1 atom stereocenters. The van der Waals surface area contributed by atoms with E-state index in [-0.39, 0.29) is 6.04 Å². The summed E-state index contributed by atoms with van der Waals surface area (Å²) in [7, 11) is 1.65. The molecule has 0 aliphatic rings. The van der Waals surface area contributed by atoms with Crippen LogP contribution in [0.3, 0.4) is 0 Å². The molecule has 2 aromatic heterocycles. The molecule has 0 amide bonds. The maximum atomic E-state index is 5.07. The Hall–Kier alpha value is -1.95. The van der Waals surface area contributed by atoms with Gasteiger partial charge in [0.1, 0.15) is 12.1 Å². The second-order valence-corrected chi connectivity index (χ2v) is 4.98. The van der Waals surface area contributed by atoms with Crippen molar-refractivity contribution in [3.05, 3.63) is 35.5 Å². The average molecular weight is 275 g/mol. The zero-order valence-electron chi connectivity index (χ0n) is 12.4. The molecule has 20 heavy (non-hydrogen) atoms. The van der Waals surface area contributed by atoms with Crippen LogP contribution in [0.15, 0.2) is 18.5 Å². The molecule has 0 aliphatic heterocycles. The van der Waals surface area contributed by atoms with E-state index < -0.39 is 0 Å². The first-order valence-corrected chi connectivity index (χ1v) is 6.66. The Balaban J connectivity index is 1.99. The highest BCUT2D eigenvalue weighted by molar-refractivity contribution is 5.35. The molecule has 0 aliphatic carbocycles. The molecule has 0 saturated carbocycles. The van der Waals surface area contributed by atoms with Crippen LogP contribution in [-0.4, -0.2) is 32.9 Å². The number of rotatable bonds is 6. The van der Waals surface area contributed by atoms with Crippen LogP contribution in [0.1, 0.15) is 24.0 Å². The van der Waals surface area contributed by atoms with E-state index in [1.165, 1.54) is 5.69 Å². The fraction of sp³-hybridized carbons (Fsp3) is 0.500. The highest BCUT2D eigenvalue weighted by Gasteiger charge is 2.08.